The Bertz CT molecular complexity index is 605. The lowest BCUT2D eigenvalue weighted by Crippen LogP contribution is -2.14. The van der Waals surface area contributed by atoms with Gasteiger partial charge < -0.3 is 11.1 Å². The fraction of sp³-hybridized carbons (Fsp3) is 0.316. The molecule has 2 rings (SSSR count). The Kier molecular flexibility index (Phi) is 6.16. The van der Waals surface area contributed by atoms with Gasteiger partial charge in [-0.3, -0.25) is 4.79 Å². The van der Waals surface area contributed by atoms with Gasteiger partial charge in [0.2, 0.25) is 5.91 Å². The first-order chi connectivity index (χ1) is 10.7. The van der Waals surface area contributed by atoms with Gasteiger partial charge in [0.15, 0.2) is 0 Å². The molecule has 0 saturated heterocycles. The molecule has 0 spiro atoms. The van der Waals surface area contributed by atoms with Gasteiger partial charge in [-0.1, -0.05) is 56.2 Å². The van der Waals surface area contributed by atoms with Crippen molar-refractivity contribution < 1.29 is 4.79 Å². The Morgan fingerprint density at radius 2 is 1.82 bits per heavy atom. The predicted octanol–water partition coefficient (Wildman–Crippen LogP) is 3.73. The average Bonchev–Trinajstić information content (AvgIpc) is 2.55. The van der Waals surface area contributed by atoms with E-state index in [0.29, 0.717) is 5.56 Å². The highest BCUT2D eigenvalue weighted by atomic mass is 16.1. The highest BCUT2D eigenvalue weighted by Gasteiger charge is 2.03. The number of carbonyl (C=O) groups excluding carboxylic acids is 1. The standard InChI is InChI=1S/C19H24N2O/c1-2-3-4-12-21-14-15-8-10-16(11-9-15)17-6-5-7-18(13-17)19(20)22/h5-11,13,21H,2-4,12,14H2,1H3,(H2,20,22). The van der Waals surface area contributed by atoms with Crippen molar-refractivity contribution in [1.29, 1.82) is 0 Å². The number of nitrogens with two attached hydrogens (primary N) is 1. The van der Waals surface area contributed by atoms with Gasteiger partial charge >= 0.3 is 0 Å². The largest absolute Gasteiger partial charge is 0.366 e. The van der Waals surface area contributed by atoms with E-state index >= 15 is 0 Å². The van der Waals surface area contributed by atoms with Crippen molar-refractivity contribution in [3.63, 3.8) is 0 Å². The van der Waals surface area contributed by atoms with E-state index in [0.717, 1.165) is 24.2 Å². The highest BCUT2D eigenvalue weighted by Crippen LogP contribution is 2.21. The highest BCUT2D eigenvalue weighted by molar-refractivity contribution is 5.94. The third kappa shape index (κ3) is 4.71. The molecule has 2 aromatic carbocycles. The van der Waals surface area contributed by atoms with E-state index in [1.165, 1.54) is 24.8 Å². The number of hydrogen-bond acceptors (Lipinski definition) is 2. The van der Waals surface area contributed by atoms with Crippen molar-refractivity contribution >= 4 is 5.91 Å². The molecule has 0 aromatic heterocycles. The van der Waals surface area contributed by atoms with E-state index in [1.54, 1.807) is 6.07 Å². The fourth-order valence-electron chi connectivity index (χ4n) is 2.40. The number of unbranched alkanes of at least 4 members (excludes halogenated alkanes) is 2. The van der Waals surface area contributed by atoms with E-state index in [2.05, 4.69) is 36.5 Å². The fourth-order valence-corrected chi connectivity index (χ4v) is 2.40. The molecular weight excluding hydrogens is 272 g/mol. The van der Waals surface area contributed by atoms with Crippen LogP contribution in [0.25, 0.3) is 11.1 Å². The molecule has 0 unspecified atom stereocenters. The minimum absolute atomic E-state index is 0.394. The first-order valence-electron chi connectivity index (χ1n) is 7.90. The van der Waals surface area contributed by atoms with Gasteiger partial charge in [0.05, 0.1) is 0 Å². The lowest BCUT2D eigenvalue weighted by Gasteiger charge is -2.07. The van der Waals surface area contributed by atoms with Crippen LogP contribution in [0, 0.1) is 0 Å². The zero-order valence-corrected chi connectivity index (χ0v) is 13.1. The average molecular weight is 296 g/mol. The van der Waals surface area contributed by atoms with Crippen LogP contribution in [0.2, 0.25) is 0 Å². The molecular formula is C19H24N2O. The Hall–Kier alpha value is -2.13. The minimum atomic E-state index is -0.394. The summed E-state index contributed by atoms with van der Waals surface area (Å²) in [6.07, 6.45) is 3.76. The maximum atomic E-state index is 11.2. The van der Waals surface area contributed by atoms with Crippen LogP contribution in [0.15, 0.2) is 48.5 Å². The van der Waals surface area contributed by atoms with Crippen molar-refractivity contribution in [2.24, 2.45) is 5.73 Å². The van der Waals surface area contributed by atoms with E-state index in [9.17, 15) is 4.79 Å². The zero-order valence-electron chi connectivity index (χ0n) is 13.1. The molecule has 0 fully saturated rings. The van der Waals surface area contributed by atoms with Crippen molar-refractivity contribution in [2.45, 2.75) is 32.7 Å². The van der Waals surface area contributed by atoms with Crippen molar-refractivity contribution in [3.8, 4) is 11.1 Å². The monoisotopic (exact) mass is 296 g/mol. The van der Waals surface area contributed by atoms with Gasteiger partial charge in [-0.2, -0.15) is 0 Å². The molecule has 2 aromatic rings. The molecule has 0 radical (unpaired) electrons. The summed E-state index contributed by atoms with van der Waals surface area (Å²) in [5.74, 6) is -0.394. The third-order valence-corrected chi connectivity index (χ3v) is 3.72. The summed E-state index contributed by atoms with van der Waals surface area (Å²) in [5.41, 5.74) is 9.25. The third-order valence-electron chi connectivity index (χ3n) is 3.72. The first-order valence-corrected chi connectivity index (χ1v) is 7.90. The molecule has 0 bridgehead atoms. The number of rotatable bonds is 8. The molecule has 116 valence electrons. The van der Waals surface area contributed by atoms with Crippen molar-refractivity contribution in [1.82, 2.24) is 5.32 Å². The van der Waals surface area contributed by atoms with Gasteiger partial charge in [0.1, 0.15) is 0 Å². The summed E-state index contributed by atoms with van der Waals surface area (Å²) in [7, 11) is 0. The van der Waals surface area contributed by atoms with E-state index in [1.807, 2.05) is 18.2 Å². The van der Waals surface area contributed by atoms with E-state index < -0.39 is 5.91 Å². The number of benzene rings is 2. The predicted molar refractivity (Wildman–Crippen MR) is 91.6 cm³/mol. The molecule has 0 aliphatic rings. The second kappa shape index (κ2) is 8.35. The van der Waals surface area contributed by atoms with Crippen LogP contribution in [0.4, 0.5) is 0 Å². The van der Waals surface area contributed by atoms with E-state index in [4.69, 9.17) is 5.73 Å². The molecule has 3 nitrogen and oxygen atoms in total. The lowest BCUT2D eigenvalue weighted by atomic mass is 10.0. The minimum Gasteiger partial charge on any atom is -0.366 e. The van der Waals surface area contributed by atoms with Gasteiger partial charge in [-0.25, -0.2) is 0 Å². The van der Waals surface area contributed by atoms with Crippen LogP contribution in [0.3, 0.4) is 0 Å². The van der Waals surface area contributed by atoms with Crippen LogP contribution < -0.4 is 11.1 Å². The normalized spacial score (nSPS) is 10.6. The summed E-state index contributed by atoms with van der Waals surface area (Å²) in [6, 6.07) is 15.8. The SMILES string of the molecule is CCCCCNCc1ccc(-c2cccc(C(N)=O)c2)cc1. The molecule has 0 saturated carbocycles. The molecule has 0 atom stereocenters. The Balaban J connectivity index is 1.97. The quantitative estimate of drug-likeness (QED) is 0.729. The number of carbonyl (C=O) groups is 1. The number of nitrogens with one attached hydrogen (secondary N) is 1. The molecule has 3 N–H and O–H groups in total. The number of amides is 1. The van der Waals surface area contributed by atoms with Crippen LogP contribution in [-0.4, -0.2) is 12.5 Å². The number of hydrogen-bond donors (Lipinski definition) is 2. The summed E-state index contributed by atoms with van der Waals surface area (Å²) >= 11 is 0. The molecule has 1 amide bonds. The molecule has 0 heterocycles. The molecule has 3 heteroatoms. The van der Waals surface area contributed by atoms with Crippen LogP contribution >= 0.6 is 0 Å². The summed E-state index contributed by atoms with van der Waals surface area (Å²) in [5, 5.41) is 3.46. The Labute approximate surface area is 132 Å². The Morgan fingerprint density at radius 1 is 1.05 bits per heavy atom. The van der Waals surface area contributed by atoms with E-state index in [-0.39, 0.29) is 0 Å². The van der Waals surface area contributed by atoms with Crippen molar-refractivity contribution in [2.75, 3.05) is 6.54 Å². The molecule has 0 aliphatic carbocycles. The van der Waals surface area contributed by atoms with Crippen LogP contribution in [0.1, 0.15) is 42.1 Å². The van der Waals surface area contributed by atoms with Crippen molar-refractivity contribution in [3.05, 3.63) is 59.7 Å². The van der Waals surface area contributed by atoms with Gasteiger partial charge in [-0.05, 0) is 41.8 Å². The lowest BCUT2D eigenvalue weighted by molar-refractivity contribution is 0.100. The first kappa shape index (κ1) is 16.2. The molecule has 0 aliphatic heterocycles. The van der Waals surface area contributed by atoms with Gasteiger partial charge in [0.25, 0.3) is 0 Å². The van der Waals surface area contributed by atoms with Crippen LogP contribution in [0.5, 0.6) is 0 Å². The second-order valence-electron chi connectivity index (χ2n) is 5.53. The topological polar surface area (TPSA) is 55.1 Å². The smallest absolute Gasteiger partial charge is 0.248 e. The second-order valence-corrected chi connectivity index (χ2v) is 5.53. The van der Waals surface area contributed by atoms with Gasteiger partial charge in [0, 0.05) is 12.1 Å². The maximum Gasteiger partial charge on any atom is 0.248 e. The summed E-state index contributed by atoms with van der Waals surface area (Å²) in [6.45, 7) is 4.17. The summed E-state index contributed by atoms with van der Waals surface area (Å²) < 4.78 is 0. The maximum absolute atomic E-state index is 11.2. The number of primary amides is 1. The molecule has 22 heavy (non-hydrogen) atoms. The zero-order chi connectivity index (χ0) is 15.8. The Morgan fingerprint density at radius 3 is 2.50 bits per heavy atom. The van der Waals surface area contributed by atoms with Crippen LogP contribution in [-0.2, 0) is 6.54 Å². The summed E-state index contributed by atoms with van der Waals surface area (Å²) in [4.78, 5) is 11.2. The van der Waals surface area contributed by atoms with Gasteiger partial charge in [-0.15, -0.1) is 0 Å².